The van der Waals surface area contributed by atoms with Crippen LogP contribution in [0.3, 0.4) is 0 Å². The first-order valence-corrected chi connectivity index (χ1v) is 6.20. The molecule has 1 heterocycles. The summed E-state index contributed by atoms with van der Waals surface area (Å²) in [6.07, 6.45) is 0. The molecule has 0 amide bonds. The molecule has 0 spiro atoms. The van der Waals surface area contributed by atoms with E-state index in [9.17, 15) is 10.4 Å². The Labute approximate surface area is 117 Å². The summed E-state index contributed by atoms with van der Waals surface area (Å²) < 4.78 is 5.35. The SMILES string of the molecule is CCOc1cc(-c2cc(C)nc(N)c2C#N)ccc1O. The number of aromatic nitrogens is 1. The highest BCUT2D eigenvalue weighted by molar-refractivity contribution is 5.77. The summed E-state index contributed by atoms with van der Waals surface area (Å²) >= 11 is 0. The molecule has 0 saturated carbocycles. The lowest BCUT2D eigenvalue weighted by atomic mass is 10.00. The van der Waals surface area contributed by atoms with Crippen molar-refractivity contribution in [1.29, 1.82) is 5.26 Å². The van der Waals surface area contributed by atoms with Crippen LogP contribution in [-0.4, -0.2) is 16.7 Å². The average molecular weight is 269 g/mol. The number of aryl methyl sites for hydroxylation is 1. The Morgan fingerprint density at radius 1 is 1.40 bits per heavy atom. The van der Waals surface area contributed by atoms with Gasteiger partial charge in [0.1, 0.15) is 17.5 Å². The fourth-order valence-electron chi connectivity index (χ4n) is 2.00. The molecular formula is C15H15N3O2. The van der Waals surface area contributed by atoms with Gasteiger partial charge < -0.3 is 15.6 Å². The maximum atomic E-state index is 9.72. The van der Waals surface area contributed by atoms with E-state index in [2.05, 4.69) is 11.1 Å². The molecule has 0 fully saturated rings. The summed E-state index contributed by atoms with van der Waals surface area (Å²) in [6, 6.07) is 8.79. The molecule has 0 saturated heterocycles. The Morgan fingerprint density at radius 2 is 2.15 bits per heavy atom. The van der Waals surface area contributed by atoms with Crippen LogP contribution in [0.25, 0.3) is 11.1 Å². The van der Waals surface area contributed by atoms with Gasteiger partial charge >= 0.3 is 0 Å². The number of rotatable bonds is 3. The Hall–Kier alpha value is -2.74. The van der Waals surface area contributed by atoms with Crippen LogP contribution in [0.15, 0.2) is 24.3 Å². The van der Waals surface area contributed by atoms with Gasteiger partial charge in [0, 0.05) is 11.3 Å². The highest BCUT2D eigenvalue weighted by Crippen LogP contribution is 2.34. The minimum absolute atomic E-state index is 0.0628. The predicted octanol–water partition coefficient (Wildman–Crippen LogP) is 2.62. The van der Waals surface area contributed by atoms with Gasteiger partial charge in [-0.3, -0.25) is 0 Å². The van der Waals surface area contributed by atoms with E-state index in [0.29, 0.717) is 23.5 Å². The molecule has 20 heavy (non-hydrogen) atoms. The second kappa shape index (κ2) is 5.49. The van der Waals surface area contributed by atoms with E-state index in [1.807, 2.05) is 13.8 Å². The van der Waals surface area contributed by atoms with Crippen molar-refractivity contribution in [2.45, 2.75) is 13.8 Å². The standard InChI is InChI=1S/C15H15N3O2/c1-3-20-14-7-10(4-5-13(14)19)11-6-9(2)18-15(17)12(11)8-16/h4-7,19H,3H2,1-2H3,(H2,17,18). The zero-order chi connectivity index (χ0) is 14.7. The molecule has 0 unspecified atom stereocenters. The number of anilines is 1. The molecule has 2 aromatic rings. The molecule has 2 rings (SSSR count). The third-order valence-electron chi connectivity index (χ3n) is 2.86. The molecule has 102 valence electrons. The number of hydrogen-bond donors (Lipinski definition) is 2. The molecule has 0 bridgehead atoms. The third-order valence-corrected chi connectivity index (χ3v) is 2.86. The van der Waals surface area contributed by atoms with Crippen LogP contribution in [0.5, 0.6) is 11.5 Å². The van der Waals surface area contributed by atoms with Gasteiger partial charge in [0.2, 0.25) is 0 Å². The van der Waals surface area contributed by atoms with Crippen LogP contribution in [0.1, 0.15) is 18.2 Å². The number of nitrogens with zero attached hydrogens (tertiary/aromatic N) is 2. The first kappa shape index (κ1) is 13.7. The lowest BCUT2D eigenvalue weighted by Gasteiger charge is -2.11. The van der Waals surface area contributed by atoms with Crippen molar-refractivity contribution in [2.75, 3.05) is 12.3 Å². The van der Waals surface area contributed by atoms with Crippen LogP contribution in [0, 0.1) is 18.3 Å². The molecule has 0 atom stereocenters. The number of benzene rings is 1. The fraction of sp³-hybridized carbons (Fsp3) is 0.200. The van der Waals surface area contributed by atoms with Crippen LogP contribution in [0.4, 0.5) is 5.82 Å². The number of nitriles is 1. The van der Waals surface area contributed by atoms with Gasteiger partial charge in [0.05, 0.1) is 6.61 Å². The third kappa shape index (κ3) is 2.50. The Balaban J connectivity index is 2.63. The van der Waals surface area contributed by atoms with Gasteiger partial charge in [-0.2, -0.15) is 5.26 Å². The van der Waals surface area contributed by atoms with E-state index in [1.165, 1.54) is 6.07 Å². The molecule has 5 nitrogen and oxygen atoms in total. The van der Waals surface area contributed by atoms with Gasteiger partial charge in [-0.15, -0.1) is 0 Å². The Kier molecular flexibility index (Phi) is 3.76. The minimum atomic E-state index is 0.0628. The van der Waals surface area contributed by atoms with Crippen molar-refractivity contribution in [3.8, 4) is 28.7 Å². The van der Waals surface area contributed by atoms with Gasteiger partial charge in [-0.25, -0.2) is 4.98 Å². The summed E-state index contributed by atoms with van der Waals surface area (Å²) in [7, 11) is 0. The molecule has 1 aromatic heterocycles. The maximum absolute atomic E-state index is 9.72. The number of ether oxygens (including phenoxy) is 1. The largest absolute Gasteiger partial charge is 0.504 e. The highest BCUT2D eigenvalue weighted by Gasteiger charge is 2.13. The summed E-state index contributed by atoms with van der Waals surface area (Å²) in [5.74, 6) is 0.642. The fourth-order valence-corrected chi connectivity index (χ4v) is 2.00. The molecule has 0 radical (unpaired) electrons. The number of hydrogen-bond acceptors (Lipinski definition) is 5. The van der Waals surface area contributed by atoms with Crippen LogP contribution < -0.4 is 10.5 Å². The first-order valence-electron chi connectivity index (χ1n) is 6.20. The Bertz CT molecular complexity index is 690. The number of phenolic OH excluding ortho intramolecular Hbond substituents is 1. The molecule has 1 aromatic carbocycles. The number of nitrogens with two attached hydrogens (primary N) is 1. The average Bonchev–Trinajstić information content (AvgIpc) is 2.41. The van der Waals surface area contributed by atoms with Crippen molar-refractivity contribution in [2.24, 2.45) is 0 Å². The minimum Gasteiger partial charge on any atom is -0.504 e. The van der Waals surface area contributed by atoms with Crippen LogP contribution in [-0.2, 0) is 0 Å². The van der Waals surface area contributed by atoms with Crippen molar-refractivity contribution in [1.82, 2.24) is 4.98 Å². The lowest BCUT2D eigenvalue weighted by molar-refractivity contribution is 0.318. The summed E-state index contributed by atoms with van der Waals surface area (Å²) in [6.45, 7) is 4.09. The molecular weight excluding hydrogens is 254 g/mol. The second-order valence-electron chi connectivity index (χ2n) is 4.30. The highest BCUT2D eigenvalue weighted by atomic mass is 16.5. The molecule has 5 heteroatoms. The topological polar surface area (TPSA) is 92.2 Å². The van der Waals surface area contributed by atoms with Crippen LogP contribution in [0.2, 0.25) is 0 Å². The monoisotopic (exact) mass is 269 g/mol. The van der Waals surface area contributed by atoms with Crippen molar-refractivity contribution < 1.29 is 9.84 Å². The molecule has 0 aliphatic rings. The maximum Gasteiger partial charge on any atom is 0.161 e. The van der Waals surface area contributed by atoms with Gasteiger partial charge in [0.25, 0.3) is 0 Å². The van der Waals surface area contributed by atoms with E-state index in [0.717, 1.165) is 11.3 Å². The zero-order valence-electron chi connectivity index (χ0n) is 11.3. The molecule has 0 aliphatic carbocycles. The second-order valence-corrected chi connectivity index (χ2v) is 4.30. The quantitative estimate of drug-likeness (QED) is 0.893. The number of aromatic hydroxyl groups is 1. The Morgan fingerprint density at radius 3 is 2.80 bits per heavy atom. The van der Waals surface area contributed by atoms with Gasteiger partial charge in [-0.05, 0) is 37.6 Å². The van der Waals surface area contributed by atoms with Gasteiger partial charge in [0.15, 0.2) is 11.5 Å². The van der Waals surface area contributed by atoms with E-state index >= 15 is 0 Å². The molecule has 0 aliphatic heterocycles. The van der Waals surface area contributed by atoms with Crippen molar-refractivity contribution >= 4 is 5.82 Å². The first-order chi connectivity index (χ1) is 9.56. The van der Waals surface area contributed by atoms with Crippen molar-refractivity contribution in [3.05, 3.63) is 35.5 Å². The summed E-state index contributed by atoms with van der Waals surface area (Å²) in [4.78, 5) is 4.08. The summed E-state index contributed by atoms with van der Waals surface area (Å²) in [5, 5.41) is 18.9. The van der Waals surface area contributed by atoms with Gasteiger partial charge in [-0.1, -0.05) is 6.07 Å². The lowest BCUT2D eigenvalue weighted by Crippen LogP contribution is -1.99. The number of pyridine rings is 1. The van der Waals surface area contributed by atoms with Crippen LogP contribution >= 0.6 is 0 Å². The van der Waals surface area contributed by atoms with E-state index in [4.69, 9.17) is 10.5 Å². The van der Waals surface area contributed by atoms with E-state index in [1.54, 1.807) is 18.2 Å². The summed E-state index contributed by atoms with van der Waals surface area (Å²) in [5.41, 5.74) is 8.26. The normalized spacial score (nSPS) is 10.1. The smallest absolute Gasteiger partial charge is 0.161 e. The number of nitrogen functional groups attached to an aromatic ring is 1. The van der Waals surface area contributed by atoms with E-state index < -0.39 is 0 Å². The number of phenols is 1. The zero-order valence-corrected chi connectivity index (χ0v) is 11.3. The van der Waals surface area contributed by atoms with E-state index in [-0.39, 0.29) is 11.6 Å². The predicted molar refractivity (Wildman–Crippen MR) is 76.4 cm³/mol. The molecule has 3 N–H and O–H groups in total. The van der Waals surface area contributed by atoms with Crippen molar-refractivity contribution in [3.63, 3.8) is 0 Å².